The SMILES string of the molecule is C=CCC[Si](C)(C)O[Si](C)(C)CCCCCCCCCCCCCCCC. The molecular formula is C24H52OSi2. The fourth-order valence-electron chi connectivity index (χ4n) is 4.04. The second kappa shape index (κ2) is 17.0. The van der Waals surface area contributed by atoms with Crippen molar-refractivity contribution in [3.8, 4) is 0 Å². The lowest BCUT2D eigenvalue weighted by molar-refractivity contribution is 0.521. The maximum Gasteiger partial charge on any atom is 0.173 e. The molecule has 0 N–H and O–H groups in total. The molecule has 0 aliphatic rings. The summed E-state index contributed by atoms with van der Waals surface area (Å²) in [6.07, 6.45) is 23.3. The molecule has 0 aliphatic carbocycles. The third kappa shape index (κ3) is 19.2. The van der Waals surface area contributed by atoms with Gasteiger partial charge in [-0.2, -0.15) is 0 Å². The smallest absolute Gasteiger partial charge is 0.173 e. The number of allylic oxidation sites excluding steroid dienone is 1. The topological polar surface area (TPSA) is 9.23 Å². The fraction of sp³-hybridized carbons (Fsp3) is 0.917. The Hall–Kier alpha value is 0.134. The van der Waals surface area contributed by atoms with E-state index in [9.17, 15) is 0 Å². The fourth-order valence-corrected chi connectivity index (χ4v) is 12.8. The second-order valence-electron chi connectivity index (χ2n) is 9.79. The van der Waals surface area contributed by atoms with Crippen LogP contribution in [0.2, 0.25) is 38.3 Å². The summed E-state index contributed by atoms with van der Waals surface area (Å²) in [5.41, 5.74) is 0. The summed E-state index contributed by atoms with van der Waals surface area (Å²) in [7, 11) is -2.94. The number of hydrogen-bond donors (Lipinski definition) is 0. The van der Waals surface area contributed by atoms with Crippen molar-refractivity contribution in [3.05, 3.63) is 12.7 Å². The zero-order chi connectivity index (χ0) is 20.4. The molecule has 0 atom stereocenters. The molecule has 0 amide bonds. The van der Waals surface area contributed by atoms with Crippen molar-refractivity contribution >= 4 is 16.6 Å². The van der Waals surface area contributed by atoms with Gasteiger partial charge in [0.1, 0.15) is 0 Å². The molecule has 3 heteroatoms. The average Bonchev–Trinajstić information content (AvgIpc) is 2.59. The van der Waals surface area contributed by atoms with Gasteiger partial charge in [0, 0.05) is 0 Å². The maximum atomic E-state index is 6.67. The Morgan fingerprint density at radius 2 is 0.963 bits per heavy atom. The molecule has 27 heavy (non-hydrogen) atoms. The Kier molecular flexibility index (Phi) is 17.1. The monoisotopic (exact) mass is 412 g/mol. The van der Waals surface area contributed by atoms with E-state index in [0.29, 0.717) is 0 Å². The van der Waals surface area contributed by atoms with E-state index in [4.69, 9.17) is 4.12 Å². The van der Waals surface area contributed by atoms with Gasteiger partial charge in [-0.3, -0.25) is 0 Å². The van der Waals surface area contributed by atoms with Gasteiger partial charge in [0.05, 0.1) is 0 Å². The predicted molar refractivity (Wildman–Crippen MR) is 131 cm³/mol. The highest BCUT2D eigenvalue weighted by Gasteiger charge is 2.31. The lowest BCUT2D eigenvalue weighted by Crippen LogP contribution is -2.44. The third-order valence-electron chi connectivity index (χ3n) is 5.64. The second-order valence-corrected chi connectivity index (χ2v) is 18.7. The van der Waals surface area contributed by atoms with Gasteiger partial charge >= 0.3 is 0 Å². The van der Waals surface area contributed by atoms with Crippen molar-refractivity contribution in [2.24, 2.45) is 0 Å². The van der Waals surface area contributed by atoms with Gasteiger partial charge in [-0.05, 0) is 44.7 Å². The van der Waals surface area contributed by atoms with Crippen LogP contribution in [0.15, 0.2) is 12.7 Å². The molecule has 0 heterocycles. The molecule has 1 nitrogen and oxygen atoms in total. The summed E-state index contributed by atoms with van der Waals surface area (Å²) >= 11 is 0. The molecule has 162 valence electrons. The summed E-state index contributed by atoms with van der Waals surface area (Å²) in [6.45, 7) is 15.8. The maximum absolute atomic E-state index is 6.67. The van der Waals surface area contributed by atoms with Gasteiger partial charge in [0.2, 0.25) is 0 Å². The van der Waals surface area contributed by atoms with Crippen LogP contribution in [0.25, 0.3) is 0 Å². The average molecular weight is 413 g/mol. The molecule has 0 radical (unpaired) electrons. The molecule has 0 spiro atoms. The zero-order valence-corrected chi connectivity index (χ0v) is 21.7. The van der Waals surface area contributed by atoms with Crippen molar-refractivity contribution in [1.82, 2.24) is 0 Å². The highest BCUT2D eigenvalue weighted by atomic mass is 28.4. The minimum absolute atomic E-state index is 1.11. The van der Waals surface area contributed by atoms with Crippen molar-refractivity contribution in [2.45, 2.75) is 142 Å². The molecule has 0 bridgehead atoms. The van der Waals surface area contributed by atoms with E-state index in [1.54, 1.807) is 0 Å². The number of rotatable bonds is 20. The summed E-state index contributed by atoms with van der Waals surface area (Å²) < 4.78 is 6.67. The van der Waals surface area contributed by atoms with E-state index in [-0.39, 0.29) is 0 Å². The van der Waals surface area contributed by atoms with Gasteiger partial charge in [-0.1, -0.05) is 103 Å². The quantitative estimate of drug-likeness (QED) is 0.110. The van der Waals surface area contributed by atoms with E-state index in [2.05, 4.69) is 39.7 Å². The molecule has 0 saturated carbocycles. The predicted octanol–water partition coefficient (Wildman–Crippen LogP) is 9.47. The molecule has 0 fully saturated rings. The molecule has 0 rings (SSSR count). The minimum Gasteiger partial charge on any atom is -0.455 e. The van der Waals surface area contributed by atoms with E-state index in [1.807, 2.05) is 6.08 Å². The van der Waals surface area contributed by atoms with Gasteiger partial charge in [0.25, 0.3) is 0 Å². The Labute approximate surface area is 175 Å². The first-order chi connectivity index (χ1) is 12.8. The van der Waals surface area contributed by atoms with Crippen LogP contribution in [-0.4, -0.2) is 16.6 Å². The molecule has 0 aromatic rings. The van der Waals surface area contributed by atoms with Crippen LogP contribution >= 0.6 is 0 Å². The van der Waals surface area contributed by atoms with Gasteiger partial charge in [-0.25, -0.2) is 0 Å². The summed E-state index contributed by atoms with van der Waals surface area (Å²) in [4.78, 5) is 0. The first kappa shape index (κ1) is 27.1. The molecule has 0 aromatic heterocycles. The molecule has 0 saturated heterocycles. The third-order valence-corrected chi connectivity index (χ3v) is 13.1. The van der Waals surface area contributed by atoms with Crippen molar-refractivity contribution in [2.75, 3.05) is 0 Å². The lowest BCUT2D eigenvalue weighted by Gasteiger charge is -2.34. The van der Waals surface area contributed by atoms with Crippen LogP contribution < -0.4 is 0 Å². The highest BCUT2D eigenvalue weighted by molar-refractivity contribution is 6.84. The lowest BCUT2D eigenvalue weighted by atomic mass is 10.0. The first-order valence-electron chi connectivity index (χ1n) is 12.1. The minimum atomic E-state index is -1.48. The first-order valence-corrected chi connectivity index (χ1v) is 18.4. The van der Waals surface area contributed by atoms with Crippen LogP contribution in [0.5, 0.6) is 0 Å². The van der Waals surface area contributed by atoms with Crippen molar-refractivity contribution in [1.29, 1.82) is 0 Å². The number of unbranched alkanes of at least 4 members (excludes halogenated alkanes) is 13. The van der Waals surface area contributed by atoms with Gasteiger partial charge < -0.3 is 4.12 Å². The zero-order valence-electron chi connectivity index (χ0n) is 19.7. The standard InChI is InChI=1S/C24H52OSi2/c1-7-9-11-12-13-14-15-16-17-18-19-20-21-22-24-27(5,6)25-26(3,4)23-10-8-2/h8H,2,7,9-24H2,1,3-6H3. The summed E-state index contributed by atoms with van der Waals surface area (Å²) in [6, 6.07) is 2.57. The normalized spacial score (nSPS) is 12.5. The van der Waals surface area contributed by atoms with Crippen LogP contribution in [0.3, 0.4) is 0 Å². The number of hydrogen-bond acceptors (Lipinski definition) is 1. The van der Waals surface area contributed by atoms with Gasteiger partial charge in [0.15, 0.2) is 16.6 Å². The van der Waals surface area contributed by atoms with Crippen LogP contribution in [0.4, 0.5) is 0 Å². The van der Waals surface area contributed by atoms with Crippen LogP contribution in [0, 0.1) is 0 Å². The summed E-state index contributed by atoms with van der Waals surface area (Å²) in [5, 5.41) is 0. The highest BCUT2D eigenvalue weighted by Crippen LogP contribution is 2.25. The largest absolute Gasteiger partial charge is 0.455 e. The van der Waals surface area contributed by atoms with Crippen molar-refractivity contribution < 1.29 is 4.12 Å². The van der Waals surface area contributed by atoms with Crippen LogP contribution in [-0.2, 0) is 4.12 Å². The van der Waals surface area contributed by atoms with Crippen LogP contribution in [0.1, 0.15) is 103 Å². The van der Waals surface area contributed by atoms with E-state index in [0.717, 1.165) is 6.42 Å². The molecule has 0 unspecified atom stereocenters. The van der Waals surface area contributed by atoms with E-state index >= 15 is 0 Å². The van der Waals surface area contributed by atoms with Gasteiger partial charge in [-0.15, -0.1) is 6.58 Å². The van der Waals surface area contributed by atoms with E-state index < -0.39 is 16.6 Å². The van der Waals surface area contributed by atoms with E-state index in [1.165, 1.54) is 102 Å². The Bertz CT molecular complexity index is 339. The van der Waals surface area contributed by atoms with Crippen molar-refractivity contribution in [3.63, 3.8) is 0 Å². The molecule has 0 aliphatic heterocycles. The molecule has 0 aromatic carbocycles. The Morgan fingerprint density at radius 3 is 1.37 bits per heavy atom. The Balaban J connectivity index is 3.48. The Morgan fingerprint density at radius 1 is 0.593 bits per heavy atom. The summed E-state index contributed by atoms with van der Waals surface area (Å²) in [5.74, 6) is 0. The molecular weight excluding hydrogens is 360 g/mol.